The molecule has 0 aliphatic carbocycles. The quantitative estimate of drug-likeness (QED) is 0.114. The van der Waals surface area contributed by atoms with Crippen molar-refractivity contribution in [2.45, 2.75) is 121 Å². The van der Waals surface area contributed by atoms with Gasteiger partial charge in [0.15, 0.2) is 12.4 Å². The van der Waals surface area contributed by atoms with Crippen LogP contribution in [0.4, 0.5) is 0 Å². The third-order valence-electron chi connectivity index (χ3n) is 5.95. The molecule has 1 fully saturated rings. The Bertz CT molecular complexity index is 624. The molecule has 36 heavy (non-hydrogen) atoms. The minimum Gasteiger partial charge on any atom is -0.462 e. The van der Waals surface area contributed by atoms with Crippen molar-refractivity contribution in [2.75, 3.05) is 19.8 Å². The summed E-state index contributed by atoms with van der Waals surface area (Å²) in [6, 6.07) is 0. The predicted molar refractivity (Wildman–Crippen MR) is 132 cm³/mol. The maximum Gasteiger partial charge on any atom is 0.306 e. The SMILES string of the molecule is CCCC/C=C\CCCCCCCC(=O)OC(COC(=O)CC)COC1OC(CO)C(O)C(O)C1O. The van der Waals surface area contributed by atoms with Crippen molar-refractivity contribution >= 4 is 11.9 Å². The van der Waals surface area contributed by atoms with Gasteiger partial charge < -0.3 is 39.4 Å². The molecule has 1 aliphatic rings. The Morgan fingerprint density at radius 2 is 1.53 bits per heavy atom. The van der Waals surface area contributed by atoms with Crippen LogP contribution in [0.3, 0.4) is 0 Å². The van der Waals surface area contributed by atoms with Gasteiger partial charge in [0.25, 0.3) is 0 Å². The molecule has 0 aromatic carbocycles. The summed E-state index contributed by atoms with van der Waals surface area (Å²) in [5.74, 6) is -0.923. The Kier molecular flexibility index (Phi) is 17.6. The first-order valence-corrected chi connectivity index (χ1v) is 13.3. The van der Waals surface area contributed by atoms with Gasteiger partial charge in [0.2, 0.25) is 0 Å². The van der Waals surface area contributed by atoms with E-state index >= 15 is 0 Å². The summed E-state index contributed by atoms with van der Waals surface area (Å²) < 4.78 is 21.2. The van der Waals surface area contributed by atoms with E-state index in [0.717, 1.165) is 38.5 Å². The van der Waals surface area contributed by atoms with Gasteiger partial charge >= 0.3 is 11.9 Å². The van der Waals surface area contributed by atoms with Crippen molar-refractivity contribution in [3.8, 4) is 0 Å². The molecule has 10 nitrogen and oxygen atoms in total. The average molecular weight is 519 g/mol. The zero-order valence-corrected chi connectivity index (χ0v) is 21.8. The van der Waals surface area contributed by atoms with Crippen molar-refractivity contribution < 1.29 is 49.0 Å². The zero-order valence-electron chi connectivity index (χ0n) is 21.8. The molecule has 0 aromatic rings. The smallest absolute Gasteiger partial charge is 0.306 e. The first-order chi connectivity index (χ1) is 17.3. The Hall–Kier alpha value is -1.56. The van der Waals surface area contributed by atoms with E-state index in [0.29, 0.717) is 6.42 Å². The molecule has 0 radical (unpaired) electrons. The van der Waals surface area contributed by atoms with Crippen molar-refractivity contribution in [1.29, 1.82) is 0 Å². The van der Waals surface area contributed by atoms with Gasteiger partial charge in [0.1, 0.15) is 31.0 Å². The summed E-state index contributed by atoms with van der Waals surface area (Å²) in [4.78, 5) is 23.9. The fourth-order valence-corrected chi connectivity index (χ4v) is 3.68. The van der Waals surface area contributed by atoms with E-state index in [2.05, 4.69) is 19.1 Å². The predicted octanol–water partition coefficient (Wildman–Crippen LogP) is 2.14. The van der Waals surface area contributed by atoms with Crippen LogP contribution in [0.1, 0.15) is 84.5 Å². The number of ether oxygens (including phenoxy) is 4. The standard InChI is InChI=1S/C26H46O10/c1-3-5-6-7-8-9-10-11-12-13-14-15-22(29)35-19(17-33-21(28)4-2)18-34-26-25(32)24(31)23(30)20(16-27)36-26/h7-8,19-20,23-27,30-32H,3-6,9-18H2,1-2H3/b8-7-. The Morgan fingerprint density at radius 1 is 0.861 bits per heavy atom. The molecular formula is C26H46O10. The van der Waals surface area contributed by atoms with Crippen LogP contribution in [0.15, 0.2) is 12.2 Å². The lowest BCUT2D eigenvalue weighted by atomic mass is 9.99. The highest BCUT2D eigenvalue weighted by molar-refractivity contribution is 5.70. The molecule has 6 atom stereocenters. The maximum absolute atomic E-state index is 12.3. The van der Waals surface area contributed by atoms with Crippen molar-refractivity contribution in [1.82, 2.24) is 0 Å². The van der Waals surface area contributed by atoms with Crippen LogP contribution in [0.5, 0.6) is 0 Å². The van der Waals surface area contributed by atoms with Gasteiger partial charge in [0, 0.05) is 12.8 Å². The molecule has 1 rings (SSSR count). The van der Waals surface area contributed by atoms with Crippen molar-refractivity contribution in [3.63, 3.8) is 0 Å². The van der Waals surface area contributed by atoms with Gasteiger partial charge in [-0.15, -0.1) is 0 Å². The highest BCUT2D eigenvalue weighted by atomic mass is 16.7. The molecular weight excluding hydrogens is 472 g/mol. The highest BCUT2D eigenvalue weighted by Gasteiger charge is 2.44. The van der Waals surface area contributed by atoms with Gasteiger partial charge in [-0.3, -0.25) is 9.59 Å². The van der Waals surface area contributed by atoms with Gasteiger partial charge in [-0.2, -0.15) is 0 Å². The largest absolute Gasteiger partial charge is 0.462 e. The monoisotopic (exact) mass is 518 g/mol. The van der Waals surface area contributed by atoms with Gasteiger partial charge in [-0.25, -0.2) is 0 Å². The number of carbonyl (C=O) groups is 2. The van der Waals surface area contributed by atoms with E-state index in [9.17, 15) is 30.0 Å². The average Bonchev–Trinajstić information content (AvgIpc) is 2.88. The summed E-state index contributed by atoms with van der Waals surface area (Å²) in [7, 11) is 0. The number of unbranched alkanes of at least 4 members (excludes halogenated alkanes) is 7. The Labute approximate surface area is 214 Å². The van der Waals surface area contributed by atoms with Crippen LogP contribution in [0.2, 0.25) is 0 Å². The summed E-state index contributed by atoms with van der Waals surface area (Å²) in [5, 5.41) is 39.2. The first-order valence-electron chi connectivity index (χ1n) is 13.3. The second kappa shape index (κ2) is 19.5. The molecule has 6 unspecified atom stereocenters. The van der Waals surface area contributed by atoms with E-state index in [1.807, 2.05) is 0 Å². The number of esters is 2. The third-order valence-corrected chi connectivity index (χ3v) is 5.95. The van der Waals surface area contributed by atoms with Crippen molar-refractivity contribution in [2.24, 2.45) is 0 Å². The van der Waals surface area contributed by atoms with E-state index in [1.165, 1.54) is 12.8 Å². The Morgan fingerprint density at radius 3 is 2.19 bits per heavy atom. The lowest BCUT2D eigenvalue weighted by Crippen LogP contribution is -2.59. The molecule has 1 aliphatic heterocycles. The van der Waals surface area contributed by atoms with Gasteiger partial charge in [0.05, 0.1) is 13.2 Å². The number of allylic oxidation sites excluding steroid dienone is 2. The van der Waals surface area contributed by atoms with Crippen LogP contribution in [0, 0.1) is 0 Å². The minimum absolute atomic E-state index is 0.156. The number of hydrogen-bond donors (Lipinski definition) is 4. The number of aliphatic hydroxyl groups is 4. The van der Waals surface area contributed by atoms with Crippen LogP contribution in [-0.2, 0) is 28.5 Å². The molecule has 1 saturated heterocycles. The number of carbonyl (C=O) groups excluding carboxylic acids is 2. The summed E-state index contributed by atoms with van der Waals surface area (Å²) in [5.41, 5.74) is 0. The zero-order chi connectivity index (χ0) is 26.8. The van der Waals surface area contributed by atoms with Crippen LogP contribution in [0.25, 0.3) is 0 Å². The van der Waals surface area contributed by atoms with Crippen LogP contribution in [-0.4, -0.2) is 89.0 Å². The summed E-state index contributed by atoms with van der Waals surface area (Å²) >= 11 is 0. The summed E-state index contributed by atoms with van der Waals surface area (Å²) in [6.07, 6.45) is 6.28. The van der Waals surface area contributed by atoms with E-state index in [-0.39, 0.29) is 26.1 Å². The van der Waals surface area contributed by atoms with Gasteiger partial charge in [-0.1, -0.05) is 58.1 Å². The molecule has 1 heterocycles. The lowest BCUT2D eigenvalue weighted by Gasteiger charge is -2.39. The molecule has 10 heteroatoms. The number of rotatable bonds is 19. The molecule has 0 aromatic heterocycles. The molecule has 0 spiro atoms. The molecule has 0 bridgehead atoms. The van der Waals surface area contributed by atoms with Crippen molar-refractivity contribution in [3.05, 3.63) is 12.2 Å². The van der Waals surface area contributed by atoms with E-state index in [1.54, 1.807) is 6.92 Å². The second-order valence-electron chi connectivity index (χ2n) is 9.10. The van der Waals surface area contributed by atoms with E-state index < -0.39 is 55.4 Å². The molecule has 0 amide bonds. The fourth-order valence-electron chi connectivity index (χ4n) is 3.68. The Balaban J connectivity index is 2.39. The molecule has 0 saturated carbocycles. The summed E-state index contributed by atoms with van der Waals surface area (Å²) in [6.45, 7) is 2.71. The van der Waals surface area contributed by atoms with E-state index in [4.69, 9.17) is 18.9 Å². The topological polar surface area (TPSA) is 152 Å². The second-order valence-corrected chi connectivity index (χ2v) is 9.10. The van der Waals surface area contributed by atoms with Gasteiger partial charge in [-0.05, 0) is 25.7 Å². The molecule has 210 valence electrons. The minimum atomic E-state index is -1.59. The normalized spacial score (nSPS) is 25.1. The van der Waals surface area contributed by atoms with Crippen LogP contribution >= 0.6 is 0 Å². The maximum atomic E-state index is 12.3. The fraction of sp³-hybridized carbons (Fsp3) is 0.846. The molecule has 4 N–H and O–H groups in total. The lowest BCUT2D eigenvalue weighted by molar-refractivity contribution is -0.305. The number of aliphatic hydroxyl groups excluding tert-OH is 4. The number of hydrogen-bond acceptors (Lipinski definition) is 10. The van der Waals surface area contributed by atoms with Crippen LogP contribution < -0.4 is 0 Å². The highest BCUT2D eigenvalue weighted by Crippen LogP contribution is 2.22. The first kappa shape index (κ1) is 32.5. The third kappa shape index (κ3) is 13.1.